The second-order valence-corrected chi connectivity index (χ2v) is 7.92. The highest BCUT2D eigenvalue weighted by atomic mass is 19.1. The van der Waals surface area contributed by atoms with Gasteiger partial charge in [-0.1, -0.05) is 12.1 Å². The summed E-state index contributed by atoms with van der Waals surface area (Å²) in [6, 6.07) is 10.7. The number of fused-ring (bicyclic) bond motifs is 3. The van der Waals surface area contributed by atoms with E-state index in [1.807, 2.05) is 38.1 Å². The van der Waals surface area contributed by atoms with Gasteiger partial charge in [-0.25, -0.2) is 9.18 Å². The first-order chi connectivity index (χ1) is 14.4. The number of ether oxygens (including phenoxy) is 2. The predicted octanol–water partition coefficient (Wildman–Crippen LogP) is 4.02. The first-order valence-corrected chi connectivity index (χ1v) is 10.1. The number of halogens is 1. The molecular weight excluding hydrogens is 385 g/mol. The minimum Gasteiger partial charge on any atom is -0.493 e. The normalized spacial score (nSPS) is 15.4. The Kier molecular flexibility index (Phi) is 5.28. The van der Waals surface area contributed by atoms with Gasteiger partial charge in [0.1, 0.15) is 0 Å². The van der Waals surface area contributed by atoms with Gasteiger partial charge in [-0.2, -0.15) is 0 Å². The number of anilines is 1. The van der Waals surface area contributed by atoms with E-state index in [1.54, 1.807) is 6.07 Å². The zero-order valence-electron chi connectivity index (χ0n) is 17.4. The van der Waals surface area contributed by atoms with Crippen LogP contribution in [0.5, 0.6) is 5.75 Å². The van der Waals surface area contributed by atoms with Crippen LogP contribution in [0.25, 0.3) is 10.9 Å². The highest BCUT2D eigenvalue weighted by molar-refractivity contribution is 5.89. The molecule has 1 aromatic heterocycles. The number of alkyl carbamates (subject to hydrolysis) is 1. The molecule has 1 amide bonds. The van der Waals surface area contributed by atoms with Crippen molar-refractivity contribution in [1.82, 2.24) is 9.88 Å². The highest BCUT2D eigenvalue weighted by Gasteiger charge is 2.30. The summed E-state index contributed by atoms with van der Waals surface area (Å²) in [7, 11) is 1.47. The van der Waals surface area contributed by atoms with Gasteiger partial charge in [0, 0.05) is 40.3 Å². The smallest absolute Gasteiger partial charge is 0.407 e. The summed E-state index contributed by atoms with van der Waals surface area (Å²) in [6.07, 6.45) is 0.760. The van der Waals surface area contributed by atoms with Gasteiger partial charge in [0.25, 0.3) is 0 Å². The fraction of sp³-hybridized carbons (Fsp3) is 0.348. The first kappa shape index (κ1) is 20.1. The standard InChI is InChI=1S/C23H26FN3O3/c1-13(2)30-23(28)26-16-10-18-17-9-15(25)7-8-20(17)27(21(18)11-16)12-14-5-4-6-19(24)22(14)29-3/h4-9,13,16H,10-12,25H2,1-3H3,(H,26,28)/t16-/m0/s1. The molecule has 0 bridgehead atoms. The third kappa shape index (κ3) is 3.67. The largest absolute Gasteiger partial charge is 0.493 e. The summed E-state index contributed by atoms with van der Waals surface area (Å²) in [5.41, 5.74) is 10.8. The Morgan fingerprint density at radius 3 is 2.83 bits per heavy atom. The maximum absolute atomic E-state index is 14.2. The van der Waals surface area contributed by atoms with E-state index in [9.17, 15) is 9.18 Å². The maximum atomic E-state index is 14.2. The number of amides is 1. The van der Waals surface area contributed by atoms with E-state index < -0.39 is 6.09 Å². The van der Waals surface area contributed by atoms with E-state index in [-0.39, 0.29) is 23.7 Å². The lowest BCUT2D eigenvalue weighted by molar-refractivity contribution is 0.112. The number of hydrogen-bond acceptors (Lipinski definition) is 4. The van der Waals surface area contributed by atoms with Gasteiger partial charge in [-0.15, -0.1) is 0 Å². The molecule has 158 valence electrons. The molecule has 0 fully saturated rings. The average Bonchev–Trinajstić information content (AvgIpc) is 3.19. The van der Waals surface area contributed by atoms with Crippen molar-refractivity contribution >= 4 is 22.7 Å². The van der Waals surface area contributed by atoms with Gasteiger partial charge in [0.05, 0.1) is 19.8 Å². The Hall–Kier alpha value is -3.22. The van der Waals surface area contributed by atoms with E-state index in [0.29, 0.717) is 25.1 Å². The molecule has 0 aliphatic heterocycles. The van der Waals surface area contributed by atoms with Crippen LogP contribution >= 0.6 is 0 Å². The topological polar surface area (TPSA) is 78.5 Å². The zero-order chi connectivity index (χ0) is 21.4. The summed E-state index contributed by atoms with van der Waals surface area (Å²) in [6.45, 7) is 4.10. The Labute approximate surface area is 174 Å². The lowest BCUT2D eigenvalue weighted by atomic mass is 10.1. The molecule has 4 rings (SSSR count). The molecule has 30 heavy (non-hydrogen) atoms. The summed E-state index contributed by atoms with van der Waals surface area (Å²) >= 11 is 0. The van der Waals surface area contributed by atoms with Gasteiger partial charge in [0.2, 0.25) is 0 Å². The van der Waals surface area contributed by atoms with Crippen molar-refractivity contribution < 1.29 is 18.7 Å². The number of carbonyl (C=O) groups is 1. The molecule has 7 heteroatoms. The molecule has 0 radical (unpaired) electrons. The van der Waals surface area contributed by atoms with Crippen LogP contribution in [-0.2, 0) is 24.1 Å². The third-order valence-electron chi connectivity index (χ3n) is 5.45. The van der Waals surface area contributed by atoms with Crippen molar-refractivity contribution in [3.05, 3.63) is 59.0 Å². The molecule has 1 aliphatic rings. The third-order valence-corrected chi connectivity index (χ3v) is 5.45. The van der Waals surface area contributed by atoms with Crippen LogP contribution in [0.4, 0.5) is 14.9 Å². The van der Waals surface area contributed by atoms with Gasteiger partial charge in [-0.3, -0.25) is 0 Å². The van der Waals surface area contributed by atoms with Crippen LogP contribution in [0, 0.1) is 5.82 Å². The van der Waals surface area contributed by atoms with Crippen LogP contribution < -0.4 is 15.8 Å². The Balaban J connectivity index is 1.71. The molecule has 6 nitrogen and oxygen atoms in total. The fourth-order valence-corrected chi connectivity index (χ4v) is 4.28. The van der Waals surface area contributed by atoms with Crippen molar-refractivity contribution in [3.8, 4) is 5.75 Å². The number of aromatic nitrogens is 1. The van der Waals surface area contributed by atoms with Crippen molar-refractivity contribution in [2.24, 2.45) is 0 Å². The minimum absolute atomic E-state index is 0.0623. The van der Waals surface area contributed by atoms with Gasteiger partial charge in [-0.05, 0) is 50.1 Å². The summed E-state index contributed by atoms with van der Waals surface area (Å²) in [5.74, 6) is -0.139. The molecule has 1 heterocycles. The number of benzene rings is 2. The molecule has 0 saturated carbocycles. The predicted molar refractivity (Wildman–Crippen MR) is 114 cm³/mol. The second-order valence-electron chi connectivity index (χ2n) is 7.92. The lowest BCUT2D eigenvalue weighted by Crippen LogP contribution is -2.37. The molecule has 0 spiro atoms. The monoisotopic (exact) mass is 411 g/mol. The summed E-state index contributed by atoms with van der Waals surface area (Å²) in [4.78, 5) is 12.1. The first-order valence-electron chi connectivity index (χ1n) is 10.1. The molecule has 1 aliphatic carbocycles. The van der Waals surface area contributed by atoms with Crippen molar-refractivity contribution in [2.45, 2.75) is 45.4 Å². The number of carbonyl (C=O) groups excluding carboxylic acids is 1. The minimum atomic E-state index is -0.415. The van der Waals surface area contributed by atoms with Gasteiger partial charge >= 0.3 is 6.09 Å². The SMILES string of the molecule is COc1c(F)cccc1Cn1c2c(c3cc(N)ccc31)C[C@H](NC(=O)OC(C)C)C2. The molecule has 1 atom stereocenters. The van der Waals surface area contributed by atoms with Crippen molar-refractivity contribution in [2.75, 3.05) is 12.8 Å². The number of methoxy groups -OCH3 is 1. The van der Waals surface area contributed by atoms with Crippen LogP contribution in [0.2, 0.25) is 0 Å². The van der Waals surface area contributed by atoms with Crippen molar-refractivity contribution in [3.63, 3.8) is 0 Å². The van der Waals surface area contributed by atoms with E-state index in [0.717, 1.165) is 27.7 Å². The van der Waals surface area contributed by atoms with Crippen LogP contribution in [-0.4, -0.2) is 29.9 Å². The fourth-order valence-electron chi connectivity index (χ4n) is 4.28. The zero-order valence-corrected chi connectivity index (χ0v) is 17.4. The molecule has 0 unspecified atom stereocenters. The highest BCUT2D eigenvalue weighted by Crippen LogP contribution is 2.36. The quantitative estimate of drug-likeness (QED) is 0.622. The Morgan fingerprint density at radius 1 is 1.30 bits per heavy atom. The number of para-hydroxylation sites is 1. The molecule has 0 saturated heterocycles. The summed E-state index contributed by atoms with van der Waals surface area (Å²) < 4.78 is 26.9. The van der Waals surface area contributed by atoms with E-state index >= 15 is 0 Å². The second kappa shape index (κ2) is 7.89. The van der Waals surface area contributed by atoms with Crippen molar-refractivity contribution in [1.29, 1.82) is 0 Å². The Bertz CT molecular complexity index is 1110. The lowest BCUT2D eigenvalue weighted by Gasteiger charge is -2.17. The molecule has 2 aromatic carbocycles. The number of nitrogens with one attached hydrogen (secondary N) is 1. The number of nitrogen functional groups attached to an aromatic ring is 1. The Morgan fingerprint density at radius 2 is 2.10 bits per heavy atom. The average molecular weight is 411 g/mol. The van der Waals surface area contributed by atoms with Crippen LogP contribution in [0.15, 0.2) is 36.4 Å². The maximum Gasteiger partial charge on any atom is 0.407 e. The van der Waals surface area contributed by atoms with Gasteiger partial charge < -0.3 is 25.1 Å². The van der Waals surface area contributed by atoms with E-state index in [2.05, 4.69) is 9.88 Å². The number of rotatable bonds is 5. The van der Waals surface area contributed by atoms with Gasteiger partial charge in [0.15, 0.2) is 11.6 Å². The van der Waals surface area contributed by atoms with Crippen LogP contribution in [0.1, 0.15) is 30.7 Å². The number of hydrogen-bond donors (Lipinski definition) is 2. The molecule has 3 aromatic rings. The molecule has 3 N–H and O–H groups in total. The molecular formula is C23H26FN3O3. The van der Waals surface area contributed by atoms with Crippen LogP contribution in [0.3, 0.4) is 0 Å². The number of nitrogens with zero attached hydrogens (tertiary/aromatic N) is 1. The number of nitrogens with two attached hydrogens (primary N) is 1. The van der Waals surface area contributed by atoms with E-state index in [1.165, 1.54) is 13.2 Å². The van der Waals surface area contributed by atoms with E-state index in [4.69, 9.17) is 15.2 Å². The summed E-state index contributed by atoms with van der Waals surface area (Å²) in [5, 5.41) is 4.01.